The minimum absolute atomic E-state index is 0.0524. The van der Waals surface area contributed by atoms with Crippen molar-refractivity contribution >= 4 is 11.6 Å². The Kier molecular flexibility index (Phi) is 5.17. The van der Waals surface area contributed by atoms with E-state index in [2.05, 4.69) is 39.6 Å². The highest BCUT2D eigenvalue weighted by Crippen LogP contribution is 2.28. The summed E-state index contributed by atoms with van der Waals surface area (Å²) in [4.78, 5) is 0. The summed E-state index contributed by atoms with van der Waals surface area (Å²) in [5.74, 6) is -0.304. The fraction of sp³-hybridized carbons (Fsp3) is 0.500. The lowest BCUT2D eigenvalue weighted by Crippen LogP contribution is -2.43. The molecule has 0 aliphatic rings. The minimum atomic E-state index is -0.304. The second-order valence-electron chi connectivity index (χ2n) is 6.37. The van der Waals surface area contributed by atoms with Crippen molar-refractivity contribution in [3.05, 3.63) is 47.3 Å². The van der Waals surface area contributed by atoms with Gasteiger partial charge in [-0.25, -0.2) is 4.39 Å². The molecule has 1 unspecified atom stereocenters. The highest BCUT2D eigenvalue weighted by atomic mass is 35.5. The van der Waals surface area contributed by atoms with Gasteiger partial charge in [0.15, 0.2) is 0 Å². The van der Waals surface area contributed by atoms with E-state index in [0.717, 1.165) is 18.5 Å². The maximum Gasteiger partial charge on any atom is 0.124 e. The van der Waals surface area contributed by atoms with E-state index in [1.54, 1.807) is 6.07 Å². The van der Waals surface area contributed by atoms with Crippen molar-refractivity contribution in [2.24, 2.45) is 5.41 Å². The number of nitrogens with one attached hydrogen (secondary N) is 1. The minimum Gasteiger partial charge on any atom is -0.311 e. The van der Waals surface area contributed by atoms with Crippen molar-refractivity contribution in [1.82, 2.24) is 5.32 Å². The third-order valence-corrected chi connectivity index (χ3v) is 3.48. The van der Waals surface area contributed by atoms with Crippen molar-refractivity contribution in [2.45, 2.75) is 39.7 Å². The Morgan fingerprint density at radius 2 is 1.95 bits per heavy atom. The van der Waals surface area contributed by atoms with Gasteiger partial charge < -0.3 is 5.32 Å². The fourth-order valence-electron chi connectivity index (χ4n) is 1.77. The third kappa shape index (κ3) is 5.33. The second-order valence-corrected chi connectivity index (χ2v) is 6.78. The van der Waals surface area contributed by atoms with Crippen molar-refractivity contribution in [2.75, 3.05) is 6.54 Å². The molecule has 0 aromatic heterocycles. The summed E-state index contributed by atoms with van der Waals surface area (Å²) in [5, 5.41) is 3.95. The number of hydrogen-bond donors (Lipinski definition) is 1. The first-order chi connectivity index (χ1) is 8.65. The van der Waals surface area contributed by atoms with Gasteiger partial charge in [-0.1, -0.05) is 30.7 Å². The molecule has 0 saturated heterocycles. The maximum atomic E-state index is 13.0. The summed E-state index contributed by atoms with van der Waals surface area (Å²) < 4.78 is 13.0. The Morgan fingerprint density at radius 3 is 2.42 bits per heavy atom. The molecule has 0 spiro atoms. The van der Waals surface area contributed by atoms with E-state index in [1.807, 2.05) is 6.08 Å². The van der Waals surface area contributed by atoms with Crippen LogP contribution in [-0.2, 0) is 6.42 Å². The van der Waals surface area contributed by atoms with Crippen molar-refractivity contribution in [3.63, 3.8) is 0 Å². The third-order valence-electron chi connectivity index (χ3n) is 3.12. The van der Waals surface area contributed by atoms with E-state index in [1.165, 1.54) is 12.1 Å². The zero-order valence-electron chi connectivity index (χ0n) is 12.2. The zero-order chi connectivity index (χ0) is 14.7. The van der Waals surface area contributed by atoms with Crippen LogP contribution >= 0.6 is 11.6 Å². The average molecular weight is 284 g/mol. The Bertz CT molecular complexity index is 451. The Morgan fingerprint density at radius 1 is 1.32 bits per heavy atom. The first-order valence-electron chi connectivity index (χ1n) is 6.48. The first-order valence-corrected chi connectivity index (χ1v) is 6.86. The molecule has 0 aliphatic heterocycles. The number of hydrogen-bond acceptors (Lipinski definition) is 1. The molecule has 0 amide bonds. The highest BCUT2D eigenvalue weighted by molar-refractivity contribution is 6.31. The fourth-order valence-corrected chi connectivity index (χ4v) is 2.01. The van der Waals surface area contributed by atoms with E-state index in [4.69, 9.17) is 11.6 Å². The lowest BCUT2D eigenvalue weighted by atomic mass is 9.83. The molecule has 3 heteroatoms. The van der Waals surface area contributed by atoms with Gasteiger partial charge in [0.25, 0.3) is 0 Å². The molecule has 106 valence electrons. The molecule has 1 aromatic carbocycles. The van der Waals surface area contributed by atoms with Crippen LogP contribution in [0.2, 0.25) is 5.02 Å². The summed E-state index contributed by atoms with van der Waals surface area (Å²) in [6.07, 6.45) is 2.67. The van der Waals surface area contributed by atoms with E-state index >= 15 is 0 Å². The Balaban J connectivity index is 2.82. The normalized spacial score (nSPS) is 15.1. The molecular weight excluding hydrogens is 261 g/mol. The largest absolute Gasteiger partial charge is 0.311 e. The monoisotopic (exact) mass is 283 g/mol. The van der Waals surface area contributed by atoms with Gasteiger partial charge in [0.2, 0.25) is 0 Å². The molecule has 19 heavy (non-hydrogen) atoms. The predicted molar refractivity (Wildman–Crippen MR) is 81.2 cm³/mol. The van der Waals surface area contributed by atoms with E-state index < -0.39 is 0 Å². The zero-order valence-corrected chi connectivity index (χ0v) is 12.9. The smallest absolute Gasteiger partial charge is 0.124 e. The molecule has 1 atom stereocenters. The quantitative estimate of drug-likeness (QED) is 0.779. The number of halogens is 2. The molecule has 1 aromatic rings. The van der Waals surface area contributed by atoms with Crippen LogP contribution in [0.4, 0.5) is 4.39 Å². The summed E-state index contributed by atoms with van der Waals surface area (Å²) in [6, 6.07) is 4.55. The highest BCUT2D eigenvalue weighted by Gasteiger charge is 2.24. The molecule has 0 radical (unpaired) electrons. The molecule has 0 fully saturated rings. The standard InChI is InChI=1S/C16H23ClFN/c1-6-16(5,11-19-15(2,3)4)10-12-7-8-13(18)9-14(12)17/h6-9,19H,1,10-11H2,2-5H3. The molecule has 0 aliphatic carbocycles. The van der Waals surface area contributed by atoms with Crippen LogP contribution in [0.1, 0.15) is 33.3 Å². The van der Waals surface area contributed by atoms with Crippen molar-refractivity contribution < 1.29 is 4.39 Å². The Hall–Kier alpha value is -0.860. The van der Waals surface area contributed by atoms with Gasteiger partial charge in [-0.2, -0.15) is 0 Å². The van der Waals surface area contributed by atoms with Gasteiger partial charge in [0.05, 0.1) is 0 Å². The van der Waals surface area contributed by atoms with Crippen LogP contribution in [0.5, 0.6) is 0 Å². The maximum absolute atomic E-state index is 13.0. The summed E-state index contributed by atoms with van der Waals surface area (Å²) in [7, 11) is 0. The predicted octanol–water partition coefficient (Wildman–Crippen LogP) is 4.60. The first kappa shape index (κ1) is 16.2. The molecule has 1 rings (SSSR count). The van der Waals surface area contributed by atoms with Gasteiger partial charge >= 0.3 is 0 Å². The number of rotatable bonds is 5. The average Bonchev–Trinajstić information content (AvgIpc) is 2.30. The molecular formula is C16H23ClFN. The van der Waals surface area contributed by atoms with Gasteiger partial charge in [-0.15, -0.1) is 6.58 Å². The lowest BCUT2D eigenvalue weighted by Gasteiger charge is -2.31. The van der Waals surface area contributed by atoms with Gasteiger partial charge in [-0.3, -0.25) is 0 Å². The van der Waals surface area contributed by atoms with Crippen molar-refractivity contribution in [1.29, 1.82) is 0 Å². The van der Waals surface area contributed by atoms with E-state index in [-0.39, 0.29) is 16.8 Å². The number of benzene rings is 1. The molecule has 1 N–H and O–H groups in total. The lowest BCUT2D eigenvalue weighted by molar-refractivity contribution is 0.322. The molecule has 0 saturated carbocycles. The Labute approximate surface area is 120 Å². The van der Waals surface area contributed by atoms with Gasteiger partial charge in [0.1, 0.15) is 5.82 Å². The summed E-state index contributed by atoms with van der Waals surface area (Å²) >= 11 is 6.09. The van der Waals surface area contributed by atoms with Crippen LogP contribution < -0.4 is 5.32 Å². The van der Waals surface area contributed by atoms with Crippen LogP contribution in [0.3, 0.4) is 0 Å². The van der Waals surface area contributed by atoms with E-state index in [9.17, 15) is 4.39 Å². The van der Waals surface area contributed by atoms with Crippen LogP contribution in [0.25, 0.3) is 0 Å². The SMILES string of the molecule is C=CC(C)(CNC(C)(C)C)Cc1ccc(F)cc1Cl. The molecule has 0 bridgehead atoms. The van der Waals surface area contributed by atoms with Crippen molar-refractivity contribution in [3.8, 4) is 0 Å². The van der Waals surface area contributed by atoms with E-state index in [0.29, 0.717) is 5.02 Å². The van der Waals surface area contributed by atoms with Gasteiger partial charge in [-0.05, 0) is 44.9 Å². The van der Waals surface area contributed by atoms with Crippen LogP contribution in [0.15, 0.2) is 30.9 Å². The second kappa shape index (κ2) is 6.06. The van der Waals surface area contributed by atoms with Crippen LogP contribution in [0, 0.1) is 11.2 Å². The summed E-state index contributed by atoms with van der Waals surface area (Å²) in [6.45, 7) is 13.2. The summed E-state index contributed by atoms with van der Waals surface area (Å²) in [5.41, 5.74) is 0.882. The molecule has 1 nitrogen and oxygen atoms in total. The van der Waals surface area contributed by atoms with Gasteiger partial charge in [0, 0.05) is 22.5 Å². The van der Waals surface area contributed by atoms with Crippen LogP contribution in [-0.4, -0.2) is 12.1 Å². The topological polar surface area (TPSA) is 12.0 Å². The molecule has 0 heterocycles.